The number of pyridine rings is 1. The lowest BCUT2D eigenvalue weighted by Crippen LogP contribution is -1.95. The van der Waals surface area contributed by atoms with Crippen molar-refractivity contribution in [3.05, 3.63) is 24.5 Å². The van der Waals surface area contributed by atoms with E-state index in [4.69, 9.17) is 5.11 Å². The summed E-state index contributed by atoms with van der Waals surface area (Å²) in [6.07, 6.45) is 3.60. The van der Waals surface area contributed by atoms with Crippen LogP contribution in [0.5, 0.6) is 0 Å². The zero-order chi connectivity index (χ0) is 8.81. The van der Waals surface area contributed by atoms with Gasteiger partial charge in [-0.3, -0.25) is 9.78 Å². The highest BCUT2D eigenvalue weighted by Gasteiger charge is 1.97. The number of carboxylic acids is 1. The predicted molar refractivity (Wildman–Crippen MR) is 47.2 cm³/mol. The summed E-state index contributed by atoms with van der Waals surface area (Å²) in [5.74, 6) is -0.143. The Labute approximate surface area is 74.8 Å². The van der Waals surface area contributed by atoms with E-state index in [1.807, 2.05) is 12.1 Å². The fourth-order valence-electron chi connectivity index (χ4n) is 0.691. The van der Waals surface area contributed by atoms with Gasteiger partial charge in [0.25, 0.3) is 0 Å². The second-order valence-corrected chi connectivity index (χ2v) is 3.34. The van der Waals surface area contributed by atoms with Crippen molar-refractivity contribution < 1.29 is 9.90 Å². The Hall–Kier alpha value is -1.03. The van der Waals surface area contributed by atoms with Crippen LogP contribution in [0.15, 0.2) is 29.4 Å². The highest BCUT2D eigenvalue weighted by Crippen LogP contribution is 2.16. The first kappa shape index (κ1) is 9.06. The van der Waals surface area contributed by atoms with Crippen LogP contribution in [0.25, 0.3) is 0 Å². The summed E-state index contributed by atoms with van der Waals surface area (Å²) in [6, 6.07) is 3.74. The lowest BCUT2D eigenvalue weighted by molar-refractivity contribution is -0.136. The minimum absolute atomic E-state index is 0.201. The molecule has 1 aromatic rings. The molecule has 0 saturated heterocycles. The van der Waals surface area contributed by atoms with E-state index in [9.17, 15) is 4.79 Å². The Morgan fingerprint density at radius 1 is 1.50 bits per heavy atom. The molecule has 1 rings (SSSR count). The Balaban J connectivity index is 2.29. The van der Waals surface area contributed by atoms with Crippen molar-refractivity contribution >= 4 is 17.7 Å². The zero-order valence-electron chi connectivity index (χ0n) is 6.43. The van der Waals surface area contributed by atoms with Gasteiger partial charge in [-0.2, -0.15) is 0 Å². The number of hydrogen-bond donors (Lipinski definition) is 1. The average Bonchev–Trinajstić information content (AvgIpc) is 2.05. The summed E-state index contributed by atoms with van der Waals surface area (Å²) >= 11 is 1.53. The van der Waals surface area contributed by atoms with Crippen LogP contribution < -0.4 is 0 Å². The summed E-state index contributed by atoms with van der Waals surface area (Å²) in [5.41, 5.74) is 0. The molecule has 0 aliphatic heterocycles. The molecule has 0 amide bonds. The predicted octanol–water partition coefficient (Wildman–Crippen LogP) is 1.65. The fourth-order valence-corrected chi connectivity index (χ4v) is 1.52. The molecule has 1 N–H and O–H groups in total. The van der Waals surface area contributed by atoms with E-state index >= 15 is 0 Å². The highest BCUT2D eigenvalue weighted by atomic mass is 32.2. The van der Waals surface area contributed by atoms with Gasteiger partial charge in [0.15, 0.2) is 0 Å². The molecular formula is C8H9NO2S. The molecule has 0 spiro atoms. The lowest BCUT2D eigenvalue weighted by atomic mass is 10.5. The third kappa shape index (κ3) is 3.39. The van der Waals surface area contributed by atoms with Crippen LogP contribution in [0.3, 0.4) is 0 Å². The molecular weight excluding hydrogens is 174 g/mol. The number of nitrogens with zero attached hydrogens (tertiary/aromatic N) is 1. The second-order valence-electron chi connectivity index (χ2n) is 2.18. The summed E-state index contributed by atoms with van der Waals surface area (Å²) < 4.78 is 0. The Bertz CT molecular complexity index is 250. The van der Waals surface area contributed by atoms with Gasteiger partial charge in [0.2, 0.25) is 0 Å². The van der Waals surface area contributed by atoms with E-state index in [1.165, 1.54) is 11.8 Å². The number of hydrogen-bond acceptors (Lipinski definition) is 3. The van der Waals surface area contributed by atoms with Crippen LogP contribution in [0, 0.1) is 0 Å². The number of aliphatic carboxylic acids is 1. The van der Waals surface area contributed by atoms with Crippen LogP contribution in [0.4, 0.5) is 0 Å². The second kappa shape index (κ2) is 4.77. The first-order valence-electron chi connectivity index (χ1n) is 3.53. The van der Waals surface area contributed by atoms with Crippen LogP contribution in [-0.4, -0.2) is 21.8 Å². The maximum absolute atomic E-state index is 10.2. The Morgan fingerprint density at radius 2 is 2.17 bits per heavy atom. The third-order valence-corrected chi connectivity index (χ3v) is 2.25. The van der Waals surface area contributed by atoms with Crippen molar-refractivity contribution in [1.82, 2.24) is 4.98 Å². The van der Waals surface area contributed by atoms with Gasteiger partial charge in [-0.05, 0) is 12.1 Å². The summed E-state index contributed by atoms with van der Waals surface area (Å²) in [6.45, 7) is 0. The van der Waals surface area contributed by atoms with Crippen LogP contribution >= 0.6 is 11.8 Å². The topological polar surface area (TPSA) is 50.2 Å². The molecule has 0 bridgehead atoms. The maximum Gasteiger partial charge on any atom is 0.304 e. The van der Waals surface area contributed by atoms with Gasteiger partial charge in [0.1, 0.15) is 0 Å². The lowest BCUT2D eigenvalue weighted by Gasteiger charge is -1.96. The van der Waals surface area contributed by atoms with Crippen LogP contribution in [0.2, 0.25) is 0 Å². The number of carbonyl (C=O) groups is 1. The molecule has 0 aliphatic carbocycles. The molecule has 3 nitrogen and oxygen atoms in total. The van der Waals surface area contributed by atoms with E-state index in [0.717, 1.165) is 4.90 Å². The molecule has 0 unspecified atom stereocenters. The van der Waals surface area contributed by atoms with E-state index in [1.54, 1.807) is 12.4 Å². The Kier molecular flexibility index (Phi) is 3.60. The summed E-state index contributed by atoms with van der Waals surface area (Å²) in [7, 11) is 0. The van der Waals surface area contributed by atoms with Crippen LogP contribution in [0.1, 0.15) is 6.42 Å². The van der Waals surface area contributed by atoms with Crippen molar-refractivity contribution in [1.29, 1.82) is 0 Å². The number of rotatable bonds is 4. The molecule has 4 heteroatoms. The highest BCUT2D eigenvalue weighted by molar-refractivity contribution is 7.99. The van der Waals surface area contributed by atoms with Crippen molar-refractivity contribution in [2.24, 2.45) is 0 Å². The van der Waals surface area contributed by atoms with E-state index in [0.29, 0.717) is 5.75 Å². The number of carboxylic acid groups (broad SMARTS) is 1. The first-order valence-corrected chi connectivity index (χ1v) is 4.52. The van der Waals surface area contributed by atoms with Gasteiger partial charge in [0.05, 0.1) is 6.42 Å². The fraction of sp³-hybridized carbons (Fsp3) is 0.250. The van der Waals surface area contributed by atoms with Crippen molar-refractivity contribution in [3.63, 3.8) is 0 Å². The molecule has 0 atom stereocenters. The molecule has 0 fully saturated rings. The zero-order valence-corrected chi connectivity index (χ0v) is 7.25. The smallest absolute Gasteiger partial charge is 0.304 e. The molecule has 0 aliphatic rings. The van der Waals surface area contributed by atoms with Crippen molar-refractivity contribution in [2.75, 3.05) is 5.75 Å². The molecule has 64 valence electrons. The molecule has 1 heterocycles. The first-order chi connectivity index (χ1) is 5.79. The van der Waals surface area contributed by atoms with Crippen LogP contribution in [-0.2, 0) is 4.79 Å². The Morgan fingerprint density at radius 3 is 2.75 bits per heavy atom. The minimum Gasteiger partial charge on any atom is -0.481 e. The van der Waals surface area contributed by atoms with Gasteiger partial charge in [0, 0.05) is 23.0 Å². The molecule has 0 aromatic carbocycles. The van der Waals surface area contributed by atoms with Gasteiger partial charge < -0.3 is 5.11 Å². The van der Waals surface area contributed by atoms with Crippen molar-refractivity contribution in [2.45, 2.75) is 11.3 Å². The van der Waals surface area contributed by atoms with Crippen molar-refractivity contribution in [3.8, 4) is 0 Å². The maximum atomic E-state index is 10.2. The van der Waals surface area contributed by atoms with Gasteiger partial charge in [-0.25, -0.2) is 0 Å². The normalized spacial score (nSPS) is 9.67. The van der Waals surface area contributed by atoms with E-state index in [2.05, 4.69) is 4.98 Å². The van der Waals surface area contributed by atoms with Gasteiger partial charge >= 0.3 is 5.97 Å². The van der Waals surface area contributed by atoms with E-state index in [-0.39, 0.29) is 6.42 Å². The molecule has 0 saturated carbocycles. The quantitative estimate of drug-likeness (QED) is 0.721. The average molecular weight is 183 g/mol. The van der Waals surface area contributed by atoms with E-state index < -0.39 is 5.97 Å². The van der Waals surface area contributed by atoms with Gasteiger partial charge in [-0.15, -0.1) is 11.8 Å². The largest absolute Gasteiger partial charge is 0.481 e. The molecule has 0 radical (unpaired) electrons. The molecule has 12 heavy (non-hydrogen) atoms. The standard InChI is InChI=1S/C8H9NO2S/c10-8(11)3-6-12-7-1-4-9-5-2-7/h1-2,4-5H,3,6H2,(H,10,11). The molecule has 1 aromatic heterocycles. The summed E-state index contributed by atoms with van der Waals surface area (Å²) in [5, 5.41) is 8.37. The monoisotopic (exact) mass is 183 g/mol. The third-order valence-electron chi connectivity index (χ3n) is 1.23. The SMILES string of the molecule is O=C(O)CCSc1ccncc1. The number of aromatic nitrogens is 1. The van der Waals surface area contributed by atoms with Gasteiger partial charge in [-0.1, -0.05) is 0 Å². The summed E-state index contributed by atoms with van der Waals surface area (Å²) in [4.78, 5) is 15.1. The number of thioether (sulfide) groups is 1. The minimum atomic E-state index is -0.753.